The molecule has 0 heterocycles. The fourth-order valence-electron chi connectivity index (χ4n) is 1.53. The molecule has 0 bridgehead atoms. The minimum absolute atomic E-state index is 0.241. The van der Waals surface area contributed by atoms with Crippen LogP contribution in [0.5, 0.6) is 0 Å². The Morgan fingerprint density at radius 3 is 2.33 bits per heavy atom. The van der Waals surface area contributed by atoms with Crippen molar-refractivity contribution in [2.75, 3.05) is 5.32 Å². The first-order valence-electron chi connectivity index (χ1n) is 5.43. The van der Waals surface area contributed by atoms with Gasteiger partial charge in [0.25, 0.3) is 0 Å². The van der Waals surface area contributed by atoms with E-state index in [1.807, 2.05) is 54.6 Å². The van der Waals surface area contributed by atoms with Crippen molar-refractivity contribution in [3.05, 3.63) is 64.6 Å². The van der Waals surface area contributed by atoms with E-state index in [0.717, 1.165) is 10.0 Å². The van der Waals surface area contributed by atoms with E-state index in [1.54, 1.807) is 0 Å². The average Bonchev–Trinajstić information content (AvgIpc) is 2.41. The van der Waals surface area contributed by atoms with Crippen LogP contribution in [0.4, 0.5) is 5.69 Å². The van der Waals surface area contributed by atoms with Crippen molar-refractivity contribution in [3.63, 3.8) is 0 Å². The van der Waals surface area contributed by atoms with Gasteiger partial charge in [0.1, 0.15) is 5.38 Å². The molecule has 0 spiro atoms. The number of amides is 1. The monoisotopic (exact) mass is 323 g/mol. The van der Waals surface area contributed by atoms with Gasteiger partial charge in [-0.2, -0.15) is 0 Å². The average molecular weight is 325 g/mol. The summed E-state index contributed by atoms with van der Waals surface area (Å²) in [7, 11) is 0. The Kier molecular flexibility index (Phi) is 4.39. The fourth-order valence-corrected chi connectivity index (χ4v) is 2.12. The van der Waals surface area contributed by atoms with Crippen molar-refractivity contribution in [1.82, 2.24) is 0 Å². The van der Waals surface area contributed by atoms with Crippen LogP contribution in [0.1, 0.15) is 10.9 Å². The molecular weight excluding hydrogens is 314 g/mol. The third kappa shape index (κ3) is 3.12. The van der Waals surface area contributed by atoms with Gasteiger partial charge in [0.2, 0.25) is 5.91 Å². The topological polar surface area (TPSA) is 29.1 Å². The Hall–Kier alpha value is -1.32. The summed E-state index contributed by atoms with van der Waals surface area (Å²) in [6, 6.07) is 16.7. The Balaban J connectivity index is 2.12. The van der Waals surface area contributed by atoms with Gasteiger partial charge in [-0.1, -0.05) is 42.5 Å². The maximum Gasteiger partial charge on any atom is 0.247 e. The highest BCUT2D eigenvalue weighted by Gasteiger charge is 2.17. The fraction of sp³-hybridized carbons (Fsp3) is 0.0714. The van der Waals surface area contributed by atoms with Crippen molar-refractivity contribution in [2.45, 2.75) is 5.38 Å². The van der Waals surface area contributed by atoms with E-state index in [-0.39, 0.29) is 5.91 Å². The van der Waals surface area contributed by atoms with Crippen LogP contribution in [-0.4, -0.2) is 5.91 Å². The molecule has 0 aliphatic rings. The summed E-state index contributed by atoms with van der Waals surface area (Å²) in [5, 5.41) is 2.09. The summed E-state index contributed by atoms with van der Waals surface area (Å²) in [6.45, 7) is 0. The predicted molar refractivity (Wildman–Crippen MR) is 77.8 cm³/mol. The SMILES string of the molecule is O=C(Nc1ccccc1Br)C(Cl)c1ccccc1. The lowest BCUT2D eigenvalue weighted by molar-refractivity contribution is -0.116. The Bertz CT molecular complexity index is 545. The van der Waals surface area contributed by atoms with Crippen LogP contribution in [0.3, 0.4) is 0 Å². The Morgan fingerprint density at radius 1 is 1.06 bits per heavy atom. The van der Waals surface area contributed by atoms with E-state index in [2.05, 4.69) is 21.2 Å². The van der Waals surface area contributed by atoms with E-state index < -0.39 is 5.38 Å². The number of rotatable bonds is 3. The number of hydrogen-bond donors (Lipinski definition) is 1. The second-order valence-corrected chi connectivity index (χ2v) is 5.03. The van der Waals surface area contributed by atoms with E-state index in [4.69, 9.17) is 11.6 Å². The van der Waals surface area contributed by atoms with Gasteiger partial charge in [0.15, 0.2) is 0 Å². The molecular formula is C14H11BrClNO. The van der Waals surface area contributed by atoms with Crippen LogP contribution in [0, 0.1) is 0 Å². The largest absolute Gasteiger partial charge is 0.323 e. The highest BCUT2D eigenvalue weighted by molar-refractivity contribution is 9.10. The third-order valence-corrected chi connectivity index (χ3v) is 3.60. The van der Waals surface area contributed by atoms with Gasteiger partial charge < -0.3 is 5.32 Å². The summed E-state index contributed by atoms with van der Waals surface area (Å²) < 4.78 is 0.829. The normalized spacial score (nSPS) is 11.9. The molecule has 0 saturated heterocycles. The zero-order valence-corrected chi connectivity index (χ0v) is 11.8. The molecule has 0 aliphatic carbocycles. The van der Waals surface area contributed by atoms with Crippen molar-refractivity contribution in [2.24, 2.45) is 0 Å². The number of halogens is 2. The lowest BCUT2D eigenvalue weighted by atomic mass is 10.1. The molecule has 1 atom stereocenters. The lowest BCUT2D eigenvalue weighted by Gasteiger charge is -2.11. The zero-order chi connectivity index (χ0) is 13.0. The molecule has 92 valence electrons. The second kappa shape index (κ2) is 6.03. The van der Waals surface area contributed by atoms with Crippen LogP contribution < -0.4 is 5.32 Å². The van der Waals surface area contributed by atoms with Crippen LogP contribution in [-0.2, 0) is 4.79 Å². The summed E-state index contributed by atoms with van der Waals surface area (Å²) in [5.74, 6) is -0.241. The van der Waals surface area contributed by atoms with Gasteiger partial charge in [0.05, 0.1) is 5.69 Å². The molecule has 0 saturated carbocycles. The van der Waals surface area contributed by atoms with Crippen molar-refractivity contribution >= 4 is 39.1 Å². The molecule has 2 rings (SSSR count). The smallest absolute Gasteiger partial charge is 0.247 e. The first kappa shape index (κ1) is 13.1. The highest BCUT2D eigenvalue weighted by atomic mass is 79.9. The number of carbonyl (C=O) groups is 1. The van der Waals surface area contributed by atoms with Crippen LogP contribution in [0.15, 0.2) is 59.1 Å². The third-order valence-electron chi connectivity index (χ3n) is 2.45. The van der Waals surface area contributed by atoms with Gasteiger partial charge in [-0.15, -0.1) is 11.6 Å². The van der Waals surface area contributed by atoms with Crippen molar-refractivity contribution in [3.8, 4) is 0 Å². The molecule has 0 radical (unpaired) electrons. The minimum Gasteiger partial charge on any atom is -0.323 e. The van der Waals surface area contributed by atoms with Crippen LogP contribution >= 0.6 is 27.5 Å². The molecule has 18 heavy (non-hydrogen) atoms. The summed E-state index contributed by atoms with van der Waals surface area (Å²) in [6.07, 6.45) is 0. The molecule has 0 aromatic heterocycles. The van der Waals surface area contributed by atoms with Gasteiger partial charge in [-0.25, -0.2) is 0 Å². The van der Waals surface area contributed by atoms with E-state index in [0.29, 0.717) is 5.69 Å². The summed E-state index contributed by atoms with van der Waals surface area (Å²) >= 11 is 9.50. The highest BCUT2D eigenvalue weighted by Crippen LogP contribution is 2.25. The van der Waals surface area contributed by atoms with Gasteiger partial charge in [0, 0.05) is 4.47 Å². The van der Waals surface area contributed by atoms with Crippen molar-refractivity contribution in [1.29, 1.82) is 0 Å². The van der Waals surface area contributed by atoms with Gasteiger partial charge in [-0.3, -0.25) is 4.79 Å². The summed E-state index contributed by atoms with van der Waals surface area (Å²) in [4.78, 5) is 12.0. The zero-order valence-electron chi connectivity index (χ0n) is 9.44. The number of alkyl halides is 1. The quantitative estimate of drug-likeness (QED) is 0.835. The standard InChI is InChI=1S/C14H11BrClNO/c15-11-8-4-5-9-12(11)17-14(18)13(16)10-6-2-1-3-7-10/h1-9,13H,(H,17,18). The van der Waals surface area contributed by atoms with Crippen LogP contribution in [0.2, 0.25) is 0 Å². The van der Waals surface area contributed by atoms with E-state index in [9.17, 15) is 4.79 Å². The number of carbonyl (C=O) groups excluding carboxylic acids is 1. The molecule has 1 N–H and O–H groups in total. The number of para-hydroxylation sites is 1. The predicted octanol–water partition coefficient (Wildman–Crippen LogP) is 4.37. The van der Waals surface area contributed by atoms with Crippen LogP contribution in [0.25, 0.3) is 0 Å². The molecule has 2 aromatic carbocycles. The van der Waals surface area contributed by atoms with E-state index >= 15 is 0 Å². The minimum atomic E-state index is -0.696. The molecule has 2 aromatic rings. The second-order valence-electron chi connectivity index (χ2n) is 3.74. The molecule has 1 unspecified atom stereocenters. The van der Waals surface area contributed by atoms with Gasteiger partial charge in [-0.05, 0) is 33.6 Å². The Morgan fingerprint density at radius 2 is 1.67 bits per heavy atom. The molecule has 0 fully saturated rings. The van der Waals surface area contributed by atoms with Crippen molar-refractivity contribution < 1.29 is 4.79 Å². The Labute approximate surface area is 119 Å². The molecule has 2 nitrogen and oxygen atoms in total. The number of anilines is 1. The first-order chi connectivity index (χ1) is 8.68. The number of hydrogen-bond acceptors (Lipinski definition) is 1. The number of nitrogens with one attached hydrogen (secondary N) is 1. The lowest BCUT2D eigenvalue weighted by Crippen LogP contribution is -2.17. The molecule has 1 amide bonds. The summed E-state index contributed by atoms with van der Waals surface area (Å²) in [5.41, 5.74) is 1.49. The maximum absolute atomic E-state index is 12.0. The van der Waals surface area contributed by atoms with Gasteiger partial charge >= 0.3 is 0 Å². The number of benzene rings is 2. The first-order valence-corrected chi connectivity index (χ1v) is 6.66. The van der Waals surface area contributed by atoms with E-state index in [1.165, 1.54) is 0 Å². The maximum atomic E-state index is 12.0. The molecule has 4 heteroatoms. The molecule has 0 aliphatic heterocycles.